The zero-order valence-electron chi connectivity index (χ0n) is 16.2. The van der Waals surface area contributed by atoms with Crippen LogP contribution in [0.5, 0.6) is 0 Å². The van der Waals surface area contributed by atoms with Crippen LogP contribution in [0.15, 0.2) is 5.16 Å². The lowest BCUT2D eigenvalue weighted by Crippen LogP contribution is -2.16. The number of anilines is 1. The molecule has 1 saturated carbocycles. The molecular formula is C18H24N4O3S2. The van der Waals surface area contributed by atoms with Gasteiger partial charge in [0.1, 0.15) is 10.8 Å². The van der Waals surface area contributed by atoms with Crippen LogP contribution >= 0.6 is 23.1 Å². The van der Waals surface area contributed by atoms with E-state index < -0.39 is 5.97 Å². The molecule has 0 unspecified atom stereocenters. The number of hydrogen-bond acceptors (Lipinski definition) is 7. The zero-order valence-corrected chi connectivity index (χ0v) is 17.8. The average molecular weight is 409 g/mol. The van der Waals surface area contributed by atoms with Gasteiger partial charge >= 0.3 is 5.97 Å². The van der Waals surface area contributed by atoms with Gasteiger partial charge in [-0.1, -0.05) is 11.8 Å². The molecule has 0 aliphatic heterocycles. The van der Waals surface area contributed by atoms with Gasteiger partial charge in [0.2, 0.25) is 5.91 Å². The Hall–Kier alpha value is -1.87. The number of aryl methyl sites for hydroxylation is 1. The lowest BCUT2D eigenvalue weighted by molar-refractivity contribution is -0.113. The van der Waals surface area contributed by atoms with E-state index in [1.165, 1.54) is 30.2 Å². The number of rotatable bonds is 7. The quantitative estimate of drug-likeness (QED) is 0.552. The van der Waals surface area contributed by atoms with Crippen LogP contribution in [0.25, 0.3) is 0 Å². The standard InChI is InChI=1S/C18H24N4O3S2/c1-9(2)22-15(12-6-7-12)20-21-18(22)26-8-13(23)19-16-14(17(24)25-5)10(3)11(4)27-16/h9,12H,6-8H2,1-5H3,(H,19,23). The minimum absolute atomic E-state index is 0.183. The Morgan fingerprint density at radius 1 is 1.33 bits per heavy atom. The number of thiophene rings is 1. The molecular weight excluding hydrogens is 384 g/mol. The van der Waals surface area contributed by atoms with Crippen LogP contribution in [0, 0.1) is 13.8 Å². The van der Waals surface area contributed by atoms with Crippen LogP contribution < -0.4 is 5.32 Å². The van der Waals surface area contributed by atoms with Gasteiger partial charge in [-0.25, -0.2) is 4.79 Å². The molecule has 1 fully saturated rings. The minimum Gasteiger partial charge on any atom is -0.465 e. The second-order valence-corrected chi connectivity index (χ2v) is 9.06. The molecule has 0 spiro atoms. The molecule has 27 heavy (non-hydrogen) atoms. The molecule has 1 aliphatic carbocycles. The fraction of sp³-hybridized carbons (Fsp3) is 0.556. The lowest BCUT2D eigenvalue weighted by atomic mass is 10.1. The summed E-state index contributed by atoms with van der Waals surface area (Å²) in [6.07, 6.45) is 2.31. The summed E-state index contributed by atoms with van der Waals surface area (Å²) in [7, 11) is 1.34. The Balaban J connectivity index is 1.69. The van der Waals surface area contributed by atoms with Crippen molar-refractivity contribution in [3.63, 3.8) is 0 Å². The van der Waals surface area contributed by atoms with Crippen LogP contribution in [0.4, 0.5) is 5.00 Å². The largest absolute Gasteiger partial charge is 0.465 e. The van der Waals surface area contributed by atoms with Crippen molar-refractivity contribution in [2.24, 2.45) is 0 Å². The highest BCUT2D eigenvalue weighted by molar-refractivity contribution is 7.99. The molecule has 0 saturated heterocycles. The summed E-state index contributed by atoms with van der Waals surface area (Å²) in [6.45, 7) is 7.97. The topological polar surface area (TPSA) is 86.1 Å². The first kappa shape index (κ1) is 19.9. The van der Waals surface area contributed by atoms with E-state index in [2.05, 4.69) is 33.9 Å². The molecule has 146 valence electrons. The molecule has 1 amide bonds. The summed E-state index contributed by atoms with van der Waals surface area (Å²) < 4.78 is 6.96. The molecule has 1 N–H and O–H groups in total. The Kier molecular flexibility index (Phi) is 5.90. The first-order valence-corrected chi connectivity index (χ1v) is 10.7. The van der Waals surface area contributed by atoms with Gasteiger partial charge in [-0.05, 0) is 46.1 Å². The van der Waals surface area contributed by atoms with Crippen molar-refractivity contribution in [1.82, 2.24) is 14.8 Å². The van der Waals surface area contributed by atoms with Crippen LogP contribution in [-0.2, 0) is 9.53 Å². The minimum atomic E-state index is -0.437. The van der Waals surface area contributed by atoms with E-state index in [0.29, 0.717) is 16.5 Å². The summed E-state index contributed by atoms with van der Waals surface area (Å²) in [5.41, 5.74) is 1.27. The van der Waals surface area contributed by atoms with E-state index in [1.807, 2.05) is 13.8 Å². The highest BCUT2D eigenvalue weighted by Crippen LogP contribution is 2.41. The number of ether oxygens (including phenoxy) is 1. The molecule has 2 aromatic heterocycles. The van der Waals surface area contributed by atoms with Crippen LogP contribution in [0.3, 0.4) is 0 Å². The number of methoxy groups -OCH3 is 1. The fourth-order valence-electron chi connectivity index (χ4n) is 2.85. The maximum Gasteiger partial charge on any atom is 0.341 e. The summed E-state index contributed by atoms with van der Waals surface area (Å²) >= 11 is 2.75. The Morgan fingerprint density at radius 3 is 2.63 bits per heavy atom. The smallest absolute Gasteiger partial charge is 0.341 e. The molecule has 0 aromatic carbocycles. The van der Waals surface area contributed by atoms with Crippen molar-refractivity contribution in [3.8, 4) is 0 Å². The van der Waals surface area contributed by atoms with E-state index in [9.17, 15) is 9.59 Å². The van der Waals surface area contributed by atoms with Gasteiger partial charge in [0.15, 0.2) is 5.16 Å². The van der Waals surface area contributed by atoms with E-state index in [0.717, 1.165) is 34.3 Å². The predicted molar refractivity (Wildman–Crippen MR) is 107 cm³/mol. The Morgan fingerprint density at radius 2 is 2.04 bits per heavy atom. The van der Waals surface area contributed by atoms with Crippen LogP contribution in [0.1, 0.15) is 65.3 Å². The third kappa shape index (κ3) is 4.19. The average Bonchev–Trinajstić information content (AvgIpc) is 3.31. The molecule has 2 heterocycles. The van der Waals surface area contributed by atoms with E-state index in [4.69, 9.17) is 4.74 Å². The number of carbonyl (C=O) groups is 2. The first-order valence-electron chi connectivity index (χ1n) is 8.89. The van der Waals surface area contributed by atoms with Gasteiger partial charge in [-0.3, -0.25) is 4.79 Å². The van der Waals surface area contributed by atoms with Crippen molar-refractivity contribution in [3.05, 3.63) is 21.8 Å². The van der Waals surface area contributed by atoms with Crippen molar-refractivity contribution < 1.29 is 14.3 Å². The highest BCUT2D eigenvalue weighted by atomic mass is 32.2. The van der Waals surface area contributed by atoms with E-state index in [-0.39, 0.29) is 17.7 Å². The van der Waals surface area contributed by atoms with Crippen molar-refractivity contribution in [2.45, 2.75) is 57.7 Å². The van der Waals surface area contributed by atoms with Gasteiger partial charge in [0.05, 0.1) is 18.4 Å². The van der Waals surface area contributed by atoms with Gasteiger partial charge in [-0.15, -0.1) is 21.5 Å². The molecule has 7 nitrogen and oxygen atoms in total. The van der Waals surface area contributed by atoms with Crippen LogP contribution in [-0.4, -0.2) is 39.5 Å². The van der Waals surface area contributed by atoms with Gasteiger partial charge in [0, 0.05) is 16.8 Å². The van der Waals surface area contributed by atoms with Crippen molar-refractivity contribution >= 4 is 40.0 Å². The van der Waals surface area contributed by atoms with Gasteiger partial charge in [-0.2, -0.15) is 0 Å². The van der Waals surface area contributed by atoms with Gasteiger partial charge in [0.25, 0.3) is 0 Å². The zero-order chi connectivity index (χ0) is 19.7. The summed E-state index contributed by atoms with van der Waals surface area (Å²) in [5.74, 6) is 1.10. The molecule has 3 rings (SSSR count). The number of hydrogen-bond donors (Lipinski definition) is 1. The summed E-state index contributed by atoms with van der Waals surface area (Å²) in [4.78, 5) is 25.5. The van der Waals surface area contributed by atoms with Crippen molar-refractivity contribution in [1.29, 1.82) is 0 Å². The number of nitrogens with one attached hydrogen (secondary N) is 1. The molecule has 9 heteroatoms. The number of aromatic nitrogens is 3. The van der Waals surface area contributed by atoms with E-state index >= 15 is 0 Å². The SMILES string of the molecule is COC(=O)c1c(NC(=O)CSc2nnc(C3CC3)n2C(C)C)sc(C)c1C. The maximum atomic E-state index is 12.5. The molecule has 1 aliphatic rings. The Bertz CT molecular complexity index is 868. The summed E-state index contributed by atoms with van der Waals surface area (Å²) in [6, 6.07) is 0.245. The maximum absolute atomic E-state index is 12.5. The number of carbonyl (C=O) groups excluding carboxylic acids is 2. The number of nitrogens with zero attached hydrogens (tertiary/aromatic N) is 3. The molecule has 2 aromatic rings. The summed E-state index contributed by atoms with van der Waals surface area (Å²) in [5, 5.41) is 12.7. The fourth-order valence-corrected chi connectivity index (χ4v) is 4.79. The lowest BCUT2D eigenvalue weighted by Gasteiger charge is -2.13. The van der Waals surface area contributed by atoms with Crippen LogP contribution in [0.2, 0.25) is 0 Å². The van der Waals surface area contributed by atoms with Gasteiger partial charge < -0.3 is 14.6 Å². The molecule has 0 bridgehead atoms. The second-order valence-electron chi connectivity index (χ2n) is 6.89. The normalized spacial score (nSPS) is 13.9. The third-order valence-electron chi connectivity index (χ3n) is 4.51. The third-order valence-corrected chi connectivity index (χ3v) is 6.58. The Labute approximate surface area is 166 Å². The van der Waals surface area contributed by atoms with Crippen molar-refractivity contribution in [2.75, 3.05) is 18.2 Å². The highest BCUT2D eigenvalue weighted by Gasteiger charge is 2.31. The molecule has 0 radical (unpaired) electrons. The number of esters is 1. The second kappa shape index (κ2) is 8.02. The number of thioether (sulfide) groups is 1. The first-order chi connectivity index (χ1) is 12.8. The number of amides is 1. The van der Waals surface area contributed by atoms with E-state index in [1.54, 1.807) is 0 Å². The monoisotopic (exact) mass is 408 g/mol. The molecule has 0 atom stereocenters. The predicted octanol–water partition coefficient (Wildman–Crippen LogP) is 3.93.